The second-order valence-electron chi connectivity index (χ2n) is 4.55. The maximum atomic E-state index is 12.3. The Bertz CT molecular complexity index is 517. The molecule has 1 atom stereocenters. The number of hydrogen-bond donors (Lipinski definition) is 2. The lowest BCUT2D eigenvalue weighted by molar-refractivity contribution is -0.137. The summed E-state index contributed by atoms with van der Waals surface area (Å²) in [6, 6.07) is 4.39. The molecule has 19 heavy (non-hydrogen) atoms. The van der Waals surface area contributed by atoms with Gasteiger partial charge in [0.05, 0.1) is 12.0 Å². The molecule has 1 saturated heterocycles. The van der Waals surface area contributed by atoms with E-state index in [9.17, 15) is 14.7 Å². The maximum Gasteiger partial charge on any atom is 0.305 e. The molecule has 0 aliphatic carbocycles. The summed E-state index contributed by atoms with van der Waals surface area (Å²) in [4.78, 5) is 24.6. The summed E-state index contributed by atoms with van der Waals surface area (Å²) in [5.74, 6) is -1.32. The highest BCUT2D eigenvalue weighted by molar-refractivity contribution is 9.10. The Balaban J connectivity index is 2.20. The Labute approximate surface area is 119 Å². The van der Waals surface area contributed by atoms with Gasteiger partial charge in [0.15, 0.2) is 0 Å². The Morgan fingerprint density at radius 1 is 1.42 bits per heavy atom. The highest BCUT2D eigenvalue weighted by Gasteiger charge is 2.31. The lowest BCUT2D eigenvalue weighted by atomic mass is 10.1. The van der Waals surface area contributed by atoms with Crippen LogP contribution in [0.2, 0.25) is 0 Å². The fourth-order valence-corrected chi connectivity index (χ4v) is 2.71. The number of likely N-dealkylation sites (tertiary alicyclic amines) is 1. The Kier molecular flexibility index (Phi) is 4.09. The first kappa shape index (κ1) is 13.9. The van der Waals surface area contributed by atoms with Gasteiger partial charge in [-0.3, -0.25) is 9.59 Å². The van der Waals surface area contributed by atoms with Crippen molar-refractivity contribution in [3.05, 3.63) is 28.2 Å². The SMILES string of the molecule is O=C(O)CC1CCCN1C(=O)c1ccc(Br)cc1O. The molecule has 0 saturated carbocycles. The number of amides is 1. The van der Waals surface area contributed by atoms with Crippen LogP contribution in [0, 0.1) is 0 Å². The molecule has 1 aromatic carbocycles. The molecule has 1 amide bonds. The van der Waals surface area contributed by atoms with Gasteiger partial charge in [-0.15, -0.1) is 0 Å². The van der Waals surface area contributed by atoms with Gasteiger partial charge < -0.3 is 15.1 Å². The zero-order valence-corrected chi connectivity index (χ0v) is 11.8. The lowest BCUT2D eigenvalue weighted by Gasteiger charge is -2.23. The normalized spacial score (nSPS) is 18.6. The van der Waals surface area contributed by atoms with Gasteiger partial charge in [0, 0.05) is 17.1 Å². The molecule has 2 N–H and O–H groups in total. The van der Waals surface area contributed by atoms with E-state index >= 15 is 0 Å². The van der Waals surface area contributed by atoms with E-state index in [-0.39, 0.29) is 29.7 Å². The second kappa shape index (κ2) is 5.61. The first-order valence-electron chi connectivity index (χ1n) is 6.00. The second-order valence-corrected chi connectivity index (χ2v) is 5.47. The minimum Gasteiger partial charge on any atom is -0.507 e. The van der Waals surface area contributed by atoms with Crippen LogP contribution >= 0.6 is 15.9 Å². The van der Waals surface area contributed by atoms with Crippen molar-refractivity contribution in [2.24, 2.45) is 0 Å². The summed E-state index contributed by atoms with van der Waals surface area (Å²) < 4.78 is 0.685. The lowest BCUT2D eigenvalue weighted by Crippen LogP contribution is -2.36. The van der Waals surface area contributed by atoms with Crippen LogP contribution in [0.5, 0.6) is 5.75 Å². The number of phenolic OH excluding ortho intramolecular Hbond substituents is 1. The molecule has 0 radical (unpaired) electrons. The van der Waals surface area contributed by atoms with Crippen LogP contribution in [0.1, 0.15) is 29.6 Å². The van der Waals surface area contributed by atoms with Crippen molar-refractivity contribution in [3.8, 4) is 5.75 Å². The molecular weight excluding hydrogens is 314 g/mol. The third kappa shape index (κ3) is 3.07. The molecular formula is C13H14BrNO4. The molecule has 1 aliphatic rings. The Hall–Kier alpha value is -1.56. The predicted molar refractivity (Wildman–Crippen MR) is 72.1 cm³/mol. The van der Waals surface area contributed by atoms with E-state index < -0.39 is 5.97 Å². The van der Waals surface area contributed by atoms with Gasteiger partial charge in [-0.25, -0.2) is 0 Å². The molecule has 0 spiro atoms. The van der Waals surface area contributed by atoms with Crippen LogP contribution in [-0.4, -0.2) is 39.6 Å². The molecule has 102 valence electrons. The number of carbonyl (C=O) groups is 2. The highest BCUT2D eigenvalue weighted by atomic mass is 79.9. The van der Waals surface area contributed by atoms with Crippen LogP contribution in [0.3, 0.4) is 0 Å². The van der Waals surface area contributed by atoms with Crippen LogP contribution < -0.4 is 0 Å². The zero-order chi connectivity index (χ0) is 14.0. The fourth-order valence-electron chi connectivity index (χ4n) is 2.36. The minimum absolute atomic E-state index is 0.0525. The van der Waals surface area contributed by atoms with E-state index in [0.29, 0.717) is 17.4 Å². The summed E-state index contributed by atoms with van der Waals surface area (Å²) in [6.07, 6.45) is 1.43. The summed E-state index contributed by atoms with van der Waals surface area (Å²) in [6.45, 7) is 0.534. The third-order valence-electron chi connectivity index (χ3n) is 3.24. The van der Waals surface area contributed by atoms with Crippen molar-refractivity contribution < 1.29 is 19.8 Å². The number of rotatable bonds is 3. The van der Waals surface area contributed by atoms with E-state index in [2.05, 4.69) is 15.9 Å². The van der Waals surface area contributed by atoms with E-state index in [0.717, 1.165) is 6.42 Å². The van der Waals surface area contributed by atoms with Gasteiger partial charge >= 0.3 is 5.97 Å². The Morgan fingerprint density at radius 3 is 2.79 bits per heavy atom. The standard InChI is InChI=1S/C13H14BrNO4/c14-8-3-4-10(11(16)6-8)13(19)15-5-1-2-9(15)7-12(17)18/h3-4,6,9,16H,1-2,5,7H2,(H,17,18). The third-order valence-corrected chi connectivity index (χ3v) is 3.73. The van der Waals surface area contributed by atoms with Gasteiger partial charge in [0.25, 0.3) is 5.91 Å². The molecule has 1 unspecified atom stereocenters. The van der Waals surface area contributed by atoms with Crippen LogP contribution in [0.25, 0.3) is 0 Å². The number of carbonyl (C=O) groups excluding carboxylic acids is 1. The Morgan fingerprint density at radius 2 is 2.16 bits per heavy atom. The minimum atomic E-state index is -0.912. The molecule has 5 nitrogen and oxygen atoms in total. The van der Waals surface area contributed by atoms with Gasteiger partial charge in [0.2, 0.25) is 0 Å². The predicted octanol–water partition coefficient (Wildman–Crippen LogP) is 2.23. The molecule has 6 heteroatoms. The van der Waals surface area contributed by atoms with Crippen molar-refractivity contribution in [1.82, 2.24) is 4.90 Å². The van der Waals surface area contributed by atoms with Gasteiger partial charge in [-0.1, -0.05) is 15.9 Å². The van der Waals surface area contributed by atoms with E-state index in [1.807, 2.05) is 0 Å². The number of nitrogens with zero attached hydrogens (tertiary/aromatic N) is 1. The van der Waals surface area contributed by atoms with E-state index in [1.165, 1.54) is 17.0 Å². The van der Waals surface area contributed by atoms with Crippen molar-refractivity contribution in [3.63, 3.8) is 0 Å². The maximum absolute atomic E-state index is 12.3. The van der Waals surface area contributed by atoms with E-state index in [4.69, 9.17) is 5.11 Å². The number of phenols is 1. The van der Waals surface area contributed by atoms with Crippen LogP contribution in [-0.2, 0) is 4.79 Å². The number of hydrogen-bond acceptors (Lipinski definition) is 3. The summed E-state index contributed by atoms with van der Waals surface area (Å²) in [5.41, 5.74) is 0.209. The largest absolute Gasteiger partial charge is 0.507 e. The van der Waals surface area contributed by atoms with Crippen molar-refractivity contribution in [1.29, 1.82) is 0 Å². The van der Waals surface area contributed by atoms with Gasteiger partial charge in [-0.05, 0) is 31.0 Å². The summed E-state index contributed by atoms with van der Waals surface area (Å²) >= 11 is 3.21. The van der Waals surface area contributed by atoms with Gasteiger partial charge in [-0.2, -0.15) is 0 Å². The monoisotopic (exact) mass is 327 g/mol. The number of halogens is 1. The van der Waals surface area contributed by atoms with Crippen molar-refractivity contribution in [2.45, 2.75) is 25.3 Å². The van der Waals surface area contributed by atoms with E-state index in [1.54, 1.807) is 6.07 Å². The molecule has 1 aromatic rings. The summed E-state index contributed by atoms with van der Waals surface area (Å²) in [5, 5.41) is 18.6. The molecule has 0 bridgehead atoms. The number of aliphatic carboxylic acids is 1. The number of benzene rings is 1. The van der Waals surface area contributed by atoms with Crippen molar-refractivity contribution >= 4 is 27.8 Å². The molecule has 1 heterocycles. The average molecular weight is 328 g/mol. The smallest absolute Gasteiger partial charge is 0.305 e. The molecule has 2 rings (SSSR count). The quantitative estimate of drug-likeness (QED) is 0.892. The topological polar surface area (TPSA) is 77.8 Å². The van der Waals surface area contributed by atoms with Crippen molar-refractivity contribution in [2.75, 3.05) is 6.54 Å². The highest BCUT2D eigenvalue weighted by Crippen LogP contribution is 2.28. The fraction of sp³-hybridized carbons (Fsp3) is 0.385. The molecule has 0 aromatic heterocycles. The first-order chi connectivity index (χ1) is 8.99. The molecule has 1 fully saturated rings. The number of carboxylic acid groups (broad SMARTS) is 1. The first-order valence-corrected chi connectivity index (χ1v) is 6.79. The molecule has 1 aliphatic heterocycles. The van der Waals surface area contributed by atoms with Crippen LogP contribution in [0.15, 0.2) is 22.7 Å². The summed E-state index contributed by atoms with van der Waals surface area (Å²) in [7, 11) is 0. The average Bonchev–Trinajstić information content (AvgIpc) is 2.75. The van der Waals surface area contributed by atoms with Crippen LogP contribution in [0.4, 0.5) is 0 Å². The number of carboxylic acids is 1. The van der Waals surface area contributed by atoms with Gasteiger partial charge in [0.1, 0.15) is 5.75 Å². The zero-order valence-electron chi connectivity index (χ0n) is 10.2. The number of aromatic hydroxyl groups is 1.